The Labute approximate surface area is 198 Å². The molecule has 0 unspecified atom stereocenters. The van der Waals surface area contributed by atoms with Crippen LogP contribution in [0.15, 0.2) is 60.7 Å². The van der Waals surface area contributed by atoms with Gasteiger partial charge < -0.3 is 24.8 Å². The first-order valence-corrected chi connectivity index (χ1v) is 10.8. The van der Waals surface area contributed by atoms with E-state index >= 15 is 0 Å². The Morgan fingerprint density at radius 1 is 0.824 bits per heavy atom. The molecule has 0 saturated carbocycles. The van der Waals surface area contributed by atoms with Crippen LogP contribution in [0.1, 0.15) is 24.5 Å². The number of amides is 2. The van der Waals surface area contributed by atoms with Gasteiger partial charge in [0.05, 0.1) is 20.6 Å². The summed E-state index contributed by atoms with van der Waals surface area (Å²) in [6, 6.07) is 16.1. The Balaban J connectivity index is 2.13. The van der Waals surface area contributed by atoms with Crippen LogP contribution in [0.3, 0.4) is 0 Å². The van der Waals surface area contributed by atoms with Crippen LogP contribution >= 0.6 is 0 Å². The molecule has 0 spiro atoms. The molecule has 2 N–H and O–H groups in total. The largest absolute Gasteiger partial charge is 0.469 e. The fourth-order valence-electron chi connectivity index (χ4n) is 3.24. The zero-order valence-corrected chi connectivity index (χ0v) is 19.5. The number of methoxy groups -OCH3 is 2. The molecule has 0 radical (unpaired) electrons. The second kappa shape index (κ2) is 13.6. The first kappa shape index (κ1) is 26.4. The van der Waals surface area contributed by atoms with Gasteiger partial charge in [0.25, 0.3) is 0 Å². The second-order valence-corrected chi connectivity index (χ2v) is 7.72. The van der Waals surface area contributed by atoms with E-state index in [0.717, 1.165) is 11.1 Å². The number of alkyl carbamates (subject to hydrolysis) is 1. The number of hydrogen-bond acceptors (Lipinski definition) is 7. The van der Waals surface area contributed by atoms with Gasteiger partial charge in [0.2, 0.25) is 5.91 Å². The number of carbonyl (C=O) groups excluding carboxylic acids is 4. The number of benzene rings is 2. The van der Waals surface area contributed by atoms with Gasteiger partial charge in [0.15, 0.2) is 0 Å². The van der Waals surface area contributed by atoms with E-state index in [1.165, 1.54) is 14.2 Å². The quantitative estimate of drug-likeness (QED) is 0.382. The normalized spacial score (nSPS) is 13.0. The molecule has 0 saturated heterocycles. The van der Waals surface area contributed by atoms with Gasteiger partial charge in [0.1, 0.15) is 18.7 Å². The third-order valence-electron chi connectivity index (χ3n) is 5.14. The van der Waals surface area contributed by atoms with Crippen molar-refractivity contribution in [2.75, 3.05) is 14.2 Å². The van der Waals surface area contributed by atoms with Crippen molar-refractivity contribution < 1.29 is 33.4 Å². The lowest BCUT2D eigenvalue weighted by Crippen LogP contribution is -2.54. The number of esters is 2. The fraction of sp³-hybridized carbons (Fsp3) is 0.360. The summed E-state index contributed by atoms with van der Waals surface area (Å²) in [5.41, 5.74) is 1.59. The van der Waals surface area contributed by atoms with Crippen molar-refractivity contribution in [2.45, 2.75) is 38.5 Å². The third-order valence-corrected chi connectivity index (χ3v) is 5.14. The highest BCUT2D eigenvalue weighted by Crippen LogP contribution is 2.13. The molecule has 0 bridgehead atoms. The Hall–Kier alpha value is -3.88. The molecule has 2 aromatic rings. The lowest BCUT2D eigenvalue weighted by Gasteiger charge is -2.25. The molecule has 2 amide bonds. The van der Waals surface area contributed by atoms with Gasteiger partial charge in [-0.05, 0) is 17.0 Å². The van der Waals surface area contributed by atoms with Gasteiger partial charge in [-0.2, -0.15) is 0 Å². The molecule has 0 aliphatic heterocycles. The minimum atomic E-state index is -1.11. The van der Waals surface area contributed by atoms with Crippen LogP contribution in [0, 0.1) is 5.92 Å². The first-order chi connectivity index (χ1) is 16.3. The maximum atomic E-state index is 13.1. The van der Waals surface area contributed by atoms with Crippen LogP contribution < -0.4 is 10.6 Å². The minimum Gasteiger partial charge on any atom is -0.469 e. The van der Waals surface area contributed by atoms with E-state index in [-0.39, 0.29) is 19.4 Å². The van der Waals surface area contributed by atoms with Crippen molar-refractivity contribution in [3.63, 3.8) is 0 Å². The van der Waals surface area contributed by atoms with Crippen molar-refractivity contribution in [3.05, 3.63) is 71.8 Å². The maximum Gasteiger partial charge on any atom is 0.408 e. The predicted molar refractivity (Wildman–Crippen MR) is 123 cm³/mol. The summed E-state index contributed by atoms with van der Waals surface area (Å²) >= 11 is 0. The smallest absolute Gasteiger partial charge is 0.408 e. The van der Waals surface area contributed by atoms with Crippen molar-refractivity contribution >= 4 is 23.9 Å². The van der Waals surface area contributed by atoms with E-state index < -0.39 is 41.9 Å². The van der Waals surface area contributed by atoms with Gasteiger partial charge in [-0.3, -0.25) is 9.59 Å². The molecular formula is C25H30N2O7. The standard InChI is InChI=1S/C25H30N2O7/c1-17(14-21(28)32-2)22(24(30)33-3)27-23(29)20(15-18-10-6-4-7-11-18)26-25(31)34-16-19-12-8-5-9-13-19/h4-13,17,20,22H,14-16H2,1-3H3,(H,26,31)(H,27,29)/t17-,20-,22+/m0/s1. The van der Waals surface area contributed by atoms with Gasteiger partial charge in [-0.15, -0.1) is 0 Å². The van der Waals surface area contributed by atoms with Crippen LogP contribution in [0.2, 0.25) is 0 Å². The summed E-state index contributed by atoms with van der Waals surface area (Å²) in [6.07, 6.45) is -0.726. The summed E-state index contributed by atoms with van der Waals surface area (Å²) in [4.78, 5) is 49.6. The Kier molecular flexibility index (Phi) is 10.6. The molecule has 0 aliphatic carbocycles. The molecule has 3 atom stereocenters. The number of rotatable bonds is 11. The van der Waals surface area contributed by atoms with Crippen LogP contribution in [0.5, 0.6) is 0 Å². The predicted octanol–water partition coefficient (Wildman–Crippen LogP) is 2.38. The van der Waals surface area contributed by atoms with E-state index in [2.05, 4.69) is 15.4 Å². The zero-order valence-electron chi connectivity index (χ0n) is 19.5. The Morgan fingerprint density at radius 2 is 1.41 bits per heavy atom. The monoisotopic (exact) mass is 470 g/mol. The highest BCUT2D eigenvalue weighted by Gasteiger charge is 2.32. The summed E-state index contributed by atoms with van der Waals surface area (Å²) in [7, 11) is 2.43. The lowest BCUT2D eigenvalue weighted by atomic mass is 9.97. The molecule has 0 heterocycles. The van der Waals surface area contributed by atoms with Crippen LogP contribution in [0.4, 0.5) is 4.79 Å². The lowest BCUT2D eigenvalue weighted by molar-refractivity contribution is -0.148. The Bertz CT molecular complexity index is 950. The third kappa shape index (κ3) is 8.57. The highest BCUT2D eigenvalue weighted by atomic mass is 16.5. The Morgan fingerprint density at radius 3 is 1.97 bits per heavy atom. The fourth-order valence-corrected chi connectivity index (χ4v) is 3.24. The van der Waals surface area contributed by atoms with Crippen molar-refractivity contribution in [3.8, 4) is 0 Å². The highest BCUT2D eigenvalue weighted by molar-refractivity contribution is 5.90. The maximum absolute atomic E-state index is 13.1. The molecule has 182 valence electrons. The van der Waals surface area contributed by atoms with Gasteiger partial charge >= 0.3 is 18.0 Å². The second-order valence-electron chi connectivity index (χ2n) is 7.72. The summed E-state index contributed by atoms with van der Waals surface area (Å²) in [5.74, 6) is -2.46. The van der Waals surface area contributed by atoms with Crippen molar-refractivity contribution in [1.82, 2.24) is 10.6 Å². The summed E-state index contributed by atoms with van der Waals surface area (Å²) in [6.45, 7) is 1.65. The molecule has 0 aromatic heterocycles. The molecule has 2 rings (SSSR count). The molecular weight excluding hydrogens is 440 g/mol. The van der Waals surface area contributed by atoms with Crippen LogP contribution in [0.25, 0.3) is 0 Å². The molecule has 2 aromatic carbocycles. The minimum absolute atomic E-state index is 0.0350. The van der Waals surface area contributed by atoms with Gasteiger partial charge in [-0.1, -0.05) is 67.6 Å². The summed E-state index contributed by atoms with van der Waals surface area (Å²) < 4.78 is 14.7. The van der Waals surface area contributed by atoms with Crippen LogP contribution in [-0.2, 0) is 41.6 Å². The van der Waals surface area contributed by atoms with Gasteiger partial charge in [0, 0.05) is 6.42 Å². The van der Waals surface area contributed by atoms with Crippen molar-refractivity contribution in [2.24, 2.45) is 5.92 Å². The van der Waals surface area contributed by atoms with Crippen molar-refractivity contribution in [1.29, 1.82) is 0 Å². The molecule has 34 heavy (non-hydrogen) atoms. The SMILES string of the molecule is COC(=O)C[C@H](C)[C@@H](NC(=O)[C@H](Cc1ccccc1)NC(=O)OCc1ccccc1)C(=O)OC. The average Bonchev–Trinajstić information content (AvgIpc) is 2.86. The number of carbonyl (C=O) groups is 4. The number of hydrogen-bond donors (Lipinski definition) is 2. The van der Waals surface area contributed by atoms with E-state index in [1.54, 1.807) is 6.92 Å². The topological polar surface area (TPSA) is 120 Å². The molecule has 0 aliphatic rings. The number of nitrogens with one attached hydrogen (secondary N) is 2. The zero-order chi connectivity index (χ0) is 24.9. The molecule has 9 nitrogen and oxygen atoms in total. The summed E-state index contributed by atoms with van der Waals surface area (Å²) in [5, 5.41) is 5.18. The van der Waals surface area contributed by atoms with Gasteiger partial charge in [-0.25, -0.2) is 9.59 Å². The number of ether oxygens (including phenoxy) is 3. The molecule has 9 heteroatoms. The van der Waals surface area contributed by atoms with E-state index in [1.807, 2.05) is 60.7 Å². The van der Waals surface area contributed by atoms with E-state index in [9.17, 15) is 19.2 Å². The van der Waals surface area contributed by atoms with E-state index in [0.29, 0.717) is 0 Å². The average molecular weight is 471 g/mol. The van der Waals surface area contributed by atoms with Crippen LogP contribution in [-0.4, -0.2) is 50.2 Å². The van der Waals surface area contributed by atoms with E-state index in [4.69, 9.17) is 9.47 Å². The molecule has 0 fully saturated rings. The first-order valence-electron chi connectivity index (χ1n) is 10.8.